The van der Waals surface area contributed by atoms with Crippen LogP contribution in [0.2, 0.25) is 0 Å². The molecule has 132 valence electrons. The van der Waals surface area contributed by atoms with Crippen LogP contribution in [-0.4, -0.2) is 16.7 Å². The summed E-state index contributed by atoms with van der Waals surface area (Å²) in [4.78, 5) is 28.7. The lowest BCUT2D eigenvalue weighted by Crippen LogP contribution is -2.09. The fourth-order valence-electron chi connectivity index (χ4n) is 2.63. The van der Waals surface area contributed by atoms with Gasteiger partial charge in [0.05, 0.1) is 11.1 Å². The van der Waals surface area contributed by atoms with Gasteiger partial charge in [-0.15, -0.1) is 0 Å². The predicted octanol–water partition coefficient (Wildman–Crippen LogP) is 4.68. The number of halogens is 1. The molecule has 0 aliphatic carbocycles. The number of aromatic nitrogens is 1. The SMILES string of the molecule is O=C(Oc1ccc2c(c1)O/C(=C\c1ccncc1)C2=O)c1ccccc1Br. The van der Waals surface area contributed by atoms with Gasteiger partial charge in [-0.25, -0.2) is 4.79 Å². The van der Waals surface area contributed by atoms with Crippen molar-refractivity contribution in [1.29, 1.82) is 0 Å². The standard InChI is InChI=1S/C21H12BrNO4/c22-17-4-2-1-3-15(17)21(25)26-14-5-6-16-18(12-14)27-19(20(16)24)11-13-7-9-23-10-8-13/h1-12H/b19-11-. The molecular weight excluding hydrogens is 410 g/mol. The highest BCUT2D eigenvalue weighted by Crippen LogP contribution is 2.35. The van der Waals surface area contributed by atoms with Crippen LogP contribution < -0.4 is 9.47 Å². The molecule has 0 unspecified atom stereocenters. The van der Waals surface area contributed by atoms with E-state index in [9.17, 15) is 9.59 Å². The van der Waals surface area contributed by atoms with Crippen molar-refractivity contribution in [2.24, 2.45) is 0 Å². The van der Waals surface area contributed by atoms with E-state index in [1.807, 2.05) is 6.07 Å². The molecule has 2 heterocycles. The first kappa shape index (κ1) is 17.2. The number of fused-ring (bicyclic) bond motifs is 1. The molecule has 0 bridgehead atoms. The number of allylic oxidation sites excluding steroid dienone is 1. The fourth-order valence-corrected chi connectivity index (χ4v) is 3.08. The average molecular weight is 422 g/mol. The Labute approximate surface area is 163 Å². The number of carbonyl (C=O) groups is 2. The van der Waals surface area contributed by atoms with Gasteiger partial charge in [0.1, 0.15) is 11.5 Å². The summed E-state index contributed by atoms with van der Waals surface area (Å²) in [6.07, 6.45) is 4.92. The minimum absolute atomic E-state index is 0.213. The Balaban J connectivity index is 1.57. The zero-order valence-electron chi connectivity index (χ0n) is 13.9. The summed E-state index contributed by atoms with van der Waals surface area (Å²) < 4.78 is 11.7. The highest BCUT2D eigenvalue weighted by atomic mass is 79.9. The third-order valence-corrected chi connectivity index (χ3v) is 4.64. The molecule has 2 aromatic carbocycles. The number of ketones is 1. The maximum Gasteiger partial charge on any atom is 0.344 e. The number of Topliss-reactive ketones (excluding diaryl/α,β-unsaturated/α-hetero) is 1. The lowest BCUT2D eigenvalue weighted by molar-refractivity contribution is 0.0733. The van der Waals surface area contributed by atoms with E-state index in [2.05, 4.69) is 20.9 Å². The van der Waals surface area contributed by atoms with E-state index in [0.717, 1.165) is 5.56 Å². The topological polar surface area (TPSA) is 65.5 Å². The molecule has 1 aliphatic heterocycles. The van der Waals surface area contributed by atoms with Crippen molar-refractivity contribution in [3.05, 3.63) is 93.9 Å². The second-order valence-electron chi connectivity index (χ2n) is 5.75. The Kier molecular flexibility index (Phi) is 4.56. The highest BCUT2D eigenvalue weighted by molar-refractivity contribution is 9.10. The lowest BCUT2D eigenvalue weighted by atomic mass is 10.1. The Hall–Kier alpha value is -3.25. The van der Waals surface area contributed by atoms with Crippen LogP contribution in [0, 0.1) is 0 Å². The summed E-state index contributed by atoms with van der Waals surface area (Å²) >= 11 is 3.33. The summed E-state index contributed by atoms with van der Waals surface area (Å²) in [7, 11) is 0. The largest absolute Gasteiger partial charge is 0.452 e. The summed E-state index contributed by atoms with van der Waals surface area (Å²) in [6.45, 7) is 0. The number of hydrogen-bond acceptors (Lipinski definition) is 5. The third-order valence-electron chi connectivity index (χ3n) is 3.95. The second-order valence-corrected chi connectivity index (χ2v) is 6.60. The zero-order chi connectivity index (χ0) is 18.8. The molecule has 1 aliphatic rings. The number of carbonyl (C=O) groups excluding carboxylic acids is 2. The van der Waals surface area contributed by atoms with E-state index >= 15 is 0 Å². The molecule has 5 nitrogen and oxygen atoms in total. The predicted molar refractivity (Wildman–Crippen MR) is 103 cm³/mol. The maximum absolute atomic E-state index is 12.5. The molecule has 0 spiro atoms. The van der Waals surface area contributed by atoms with Gasteiger partial charge in [-0.1, -0.05) is 12.1 Å². The minimum atomic E-state index is -0.501. The first-order chi connectivity index (χ1) is 13.1. The van der Waals surface area contributed by atoms with Crippen molar-refractivity contribution in [2.75, 3.05) is 0 Å². The number of ether oxygens (including phenoxy) is 2. The quantitative estimate of drug-likeness (QED) is 0.349. The summed E-state index contributed by atoms with van der Waals surface area (Å²) in [5.74, 6) is 0.153. The first-order valence-electron chi connectivity index (χ1n) is 8.07. The monoisotopic (exact) mass is 421 g/mol. The Morgan fingerprint density at radius 2 is 1.85 bits per heavy atom. The van der Waals surface area contributed by atoms with Crippen molar-refractivity contribution >= 4 is 33.8 Å². The number of nitrogens with zero attached hydrogens (tertiary/aromatic N) is 1. The normalized spacial score (nSPS) is 14.0. The molecule has 0 saturated carbocycles. The van der Waals surface area contributed by atoms with Gasteiger partial charge in [-0.05, 0) is 64.0 Å². The van der Waals surface area contributed by atoms with E-state index in [-0.39, 0.29) is 11.5 Å². The van der Waals surface area contributed by atoms with Gasteiger partial charge in [0.15, 0.2) is 5.76 Å². The Morgan fingerprint density at radius 1 is 1.07 bits per heavy atom. The van der Waals surface area contributed by atoms with Gasteiger partial charge >= 0.3 is 5.97 Å². The van der Waals surface area contributed by atoms with Crippen LogP contribution in [0.1, 0.15) is 26.3 Å². The molecule has 0 radical (unpaired) electrons. The van der Waals surface area contributed by atoms with Crippen molar-refractivity contribution in [2.45, 2.75) is 0 Å². The molecule has 0 N–H and O–H groups in total. The summed E-state index contributed by atoms with van der Waals surface area (Å²) in [5, 5.41) is 0. The molecule has 0 fully saturated rings. The zero-order valence-corrected chi connectivity index (χ0v) is 15.5. The molecule has 27 heavy (non-hydrogen) atoms. The van der Waals surface area contributed by atoms with Crippen molar-refractivity contribution in [3.63, 3.8) is 0 Å². The molecular formula is C21H12BrNO4. The van der Waals surface area contributed by atoms with E-state index in [1.165, 1.54) is 6.07 Å². The molecule has 0 saturated heterocycles. The number of hydrogen-bond donors (Lipinski definition) is 0. The van der Waals surface area contributed by atoms with E-state index < -0.39 is 5.97 Å². The van der Waals surface area contributed by atoms with Crippen LogP contribution in [0.3, 0.4) is 0 Å². The van der Waals surface area contributed by atoms with E-state index in [4.69, 9.17) is 9.47 Å². The van der Waals surface area contributed by atoms with Crippen molar-refractivity contribution < 1.29 is 19.1 Å². The number of pyridine rings is 1. The number of esters is 1. The Morgan fingerprint density at radius 3 is 2.63 bits per heavy atom. The average Bonchev–Trinajstić information content (AvgIpc) is 2.98. The molecule has 0 amide bonds. The summed E-state index contributed by atoms with van der Waals surface area (Å²) in [6, 6.07) is 15.2. The van der Waals surface area contributed by atoms with Crippen molar-refractivity contribution in [1.82, 2.24) is 4.98 Å². The molecule has 0 atom stereocenters. The minimum Gasteiger partial charge on any atom is -0.452 e. The number of rotatable bonds is 3. The van der Waals surface area contributed by atoms with E-state index in [1.54, 1.807) is 60.9 Å². The lowest BCUT2D eigenvalue weighted by Gasteiger charge is -2.06. The van der Waals surface area contributed by atoms with E-state index in [0.29, 0.717) is 27.1 Å². The molecule has 4 rings (SSSR count). The number of benzene rings is 2. The van der Waals surface area contributed by atoms with Crippen LogP contribution in [0.15, 0.2) is 77.2 Å². The van der Waals surface area contributed by atoms with Gasteiger partial charge in [0.2, 0.25) is 5.78 Å². The van der Waals surface area contributed by atoms with Crippen molar-refractivity contribution in [3.8, 4) is 11.5 Å². The Bertz CT molecular complexity index is 1080. The van der Waals surface area contributed by atoms with Crippen LogP contribution in [0.5, 0.6) is 11.5 Å². The summed E-state index contributed by atoms with van der Waals surface area (Å²) in [5.41, 5.74) is 1.64. The van der Waals surface area contributed by atoms with Crippen LogP contribution >= 0.6 is 15.9 Å². The molecule has 1 aromatic heterocycles. The van der Waals surface area contributed by atoms with Gasteiger partial charge in [0, 0.05) is 22.9 Å². The van der Waals surface area contributed by atoms with Gasteiger partial charge in [-0.2, -0.15) is 0 Å². The maximum atomic E-state index is 12.5. The van der Waals surface area contributed by atoms with Gasteiger partial charge < -0.3 is 9.47 Å². The van der Waals surface area contributed by atoms with Gasteiger partial charge in [-0.3, -0.25) is 9.78 Å². The van der Waals surface area contributed by atoms with Crippen LogP contribution in [-0.2, 0) is 0 Å². The third kappa shape index (κ3) is 3.52. The van der Waals surface area contributed by atoms with Gasteiger partial charge in [0.25, 0.3) is 0 Å². The second kappa shape index (κ2) is 7.17. The fraction of sp³-hybridized carbons (Fsp3) is 0. The van der Waals surface area contributed by atoms with Crippen LogP contribution in [0.25, 0.3) is 6.08 Å². The molecule has 6 heteroatoms. The van der Waals surface area contributed by atoms with Crippen LogP contribution in [0.4, 0.5) is 0 Å². The first-order valence-corrected chi connectivity index (χ1v) is 8.86. The smallest absolute Gasteiger partial charge is 0.344 e. The highest BCUT2D eigenvalue weighted by Gasteiger charge is 2.28. The molecule has 3 aromatic rings.